The van der Waals surface area contributed by atoms with Crippen molar-refractivity contribution in [1.29, 1.82) is 0 Å². The molecular formula is C15H25NOS2. The second-order valence-corrected chi connectivity index (χ2v) is 7.32. The molecule has 108 valence electrons. The van der Waals surface area contributed by atoms with Crippen molar-refractivity contribution < 1.29 is 4.74 Å². The lowest BCUT2D eigenvalue weighted by atomic mass is 10.1. The molecule has 0 spiro atoms. The van der Waals surface area contributed by atoms with E-state index in [2.05, 4.69) is 30.1 Å². The molecule has 1 aromatic rings. The van der Waals surface area contributed by atoms with Crippen LogP contribution in [0.4, 0.5) is 0 Å². The predicted octanol–water partition coefficient (Wildman–Crippen LogP) is 4.00. The fraction of sp³-hybridized carbons (Fsp3) is 0.733. The van der Waals surface area contributed by atoms with Crippen molar-refractivity contribution in [2.24, 2.45) is 0 Å². The SMILES string of the molecule is CCCNC(CCCOC)c1cc2c(s1)CCSC2. The average Bonchev–Trinajstić information content (AvgIpc) is 2.86. The normalized spacial score (nSPS) is 16.3. The zero-order valence-corrected chi connectivity index (χ0v) is 13.7. The highest BCUT2D eigenvalue weighted by Crippen LogP contribution is 2.35. The molecule has 0 bridgehead atoms. The van der Waals surface area contributed by atoms with Gasteiger partial charge in [0, 0.05) is 35.3 Å². The van der Waals surface area contributed by atoms with Crippen LogP contribution in [0.2, 0.25) is 0 Å². The largest absolute Gasteiger partial charge is 0.385 e. The van der Waals surface area contributed by atoms with Gasteiger partial charge >= 0.3 is 0 Å². The Labute approximate surface area is 125 Å². The number of aryl methyl sites for hydroxylation is 1. The van der Waals surface area contributed by atoms with Crippen LogP contribution >= 0.6 is 23.1 Å². The van der Waals surface area contributed by atoms with Gasteiger partial charge in [-0.25, -0.2) is 0 Å². The minimum atomic E-state index is 0.524. The number of thiophene rings is 1. The highest BCUT2D eigenvalue weighted by Gasteiger charge is 2.18. The van der Waals surface area contributed by atoms with Crippen molar-refractivity contribution >= 4 is 23.1 Å². The number of ether oxygens (including phenoxy) is 1. The molecule has 0 amide bonds. The van der Waals surface area contributed by atoms with Crippen LogP contribution in [-0.4, -0.2) is 26.0 Å². The van der Waals surface area contributed by atoms with Crippen molar-refractivity contribution in [3.63, 3.8) is 0 Å². The molecule has 1 N–H and O–H groups in total. The number of methoxy groups -OCH3 is 1. The summed E-state index contributed by atoms with van der Waals surface area (Å²) in [6.45, 7) is 4.20. The Kier molecular flexibility index (Phi) is 6.71. The summed E-state index contributed by atoms with van der Waals surface area (Å²) in [5.41, 5.74) is 1.59. The first-order valence-corrected chi connectivity index (χ1v) is 9.23. The van der Waals surface area contributed by atoms with Crippen molar-refractivity contribution in [3.05, 3.63) is 21.4 Å². The first-order valence-electron chi connectivity index (χ1n) is 7.26. The van der Waals surface area contributed by atoms with Gasteiger partial charge < -0.3 is 10.1 Å². The van der Waals surface area contributed by atoms with Gasteiger partial charge in [0.25, 0.3) is 0 Å². The number of hydrogen-bond acceptors (Lipinski definition) is 4. The fourth-order valence-corrected chi connectivity index (χ4v) is 4.92. The van der Waals surface area contributed by atoms with Gasteiger partial charge in [-0.2, -0.15) is 11.8 Å². The van der Waals surface area contributed by atoms with Crippen LogP contribution in [0.25, 0.3) is 0 Å². The number of hydrogen-bond donors (Lipinski definition) is 1. The zero-order chi connectivity index (χ0) is 13.5. The van der Waals surface area contributed by atoms with Crippen LogP contribution in [0, 0.1) is 0 Å². The quantitative estimate of drug-likeness (QED) is 0.733. The smallest absolute Gasteiger partial charge is 0.0462 e. The van der Waals surface area contributed by atoms with E-state index in [1.54, 1.807) is 17.6 Å². The highest BCUT2D eigenvalue weighted by atomic mass is 32.2. The van der Waals surface area contributed by atoms with Crippen LogP contribution in [0.5, 0.6) is 0 Å². The van der Waals surface area contributed by atoms with E-state index in [1.165, 1.54) is 35.6 Å². The van der Waals surface area contributed by atoms with Crippen molar-refractivity contribution in [1.82, 2.24) is 5.32 Å². The Hall–Kier alpha value is -0.0300. The average molecular weight is 300 g/mol. The molecule has 0 saturated heterocycles. The molecule has 2 heterocycles. The van der Waals surface area contributed by atoms with E-state index in [0.29, 0.717) is 6.04 Å². The van der Waals surface area contributed by atoms with Crippen molar-refractivity contribution in [3.8, 4) is 0 Å². The lowest BCUT2D eigenvalue weighted by molar-refractivity contribution is 0.189. The summed E-state index contributed by atoms with van der Waals surface area (Å²) in [7, 11) is 1.79. The van der Waals surface area contributed by atoms with E-state index in [1.807, 2.05) is 11.3 Å². The van der Waals surface area contributed by atoms with Crippen molar-refractivity contribution in [2.75, 3.05) is 26.0 Å². The Morgan fingerprint density at radius 1 is 1.47 bits per heavy atom. The van der Waals surface area contributed by atoms with Gasteiger partial charge in [0.15, 0.2) is 0 Å². The predicted molar refractivity (Wildman–Crippen MR) is 86.3 cm³/mol. The van der Waals surface area contributed by atoms with Gasteiger partial charge in [-0.05, 0) is 49.6 Å². The molecule has 4 heteroatoms. The molecule has 2 nitrogen and oxygen atoms in total. The molecule has 1 aromatic heterocycles. The molecule has 1 aliphatic heterocycles. The minimum Gasteiger partial charge on any atom is -0.385 e. The second-order valence-electron chi connectivity index (χ2n) is 5.04. The first-order chi connectivity index (χ1) is 9.35. The summed E-state index contributed by atoms with van der Waals surface area (Å²) in [6.07, 6.45) is 4.78. The minimum absolute atomic E-state index is 0.524. The third-order valence-corrected chi connectivity index (χ3v) is 5.83. The first kappa shape index (κ1) is 15.4. The van der Waals surface area contributed by atoms with Crippen LogP contribution in [0.15, 0.2) is 6.07 Å². The molecule has 1 atom stereocenters. The van der Waals surface area contributed by atoms with Crippen LogP contribution in [0.3, 0.4) is 0 Å². The Morgan fingerprint density at radius 2 is 2.37 bits per heavy atom. The van der Waals surface area contributed by atoms with E-state index >= 15 is 0 Å². The van der Waals surface area contributed by atoms with E-state index in [9.17, 15) is 0 Å². The van der Waals surface area contributed by atoms with Gasteiger partial charge in [0.2, 0.25) is 0 Å². The molecule has 0 aliphatic carbocycles. The van der Waals surface area contributed by atoms with E-state index in [0.717, 1.165) is 19.6 Å². The Bertz CT molecular complexity index is 355. The summed E-state index contributed by atoms with van der Waals surface area (Å²) in [5, 5.41) is 3.70. The molecule has 1 unspecified atom stereocenters. The summed E-state index contributed by atoms with van der Waals surface area (Å²) in [6, 6.07) is 2.97. The molecular weight excluding hydrogens is 274 g/mol. The maximum Gasteiger partial charge on any atom is 0.0462 e. The van der Waals surface area contributed by atoms with E-state index in [-0.39, 0.29) is 0 Å². The molecule has 0 aromatic carbocycles. The van der Waals surface area contributed by atoms with Crippen LogP contribution in [0.1, 0.15) is 47.5 Å². The van der Waals surface area contributed by atoms with Gasteiger partial charge in [-0.3, -0.25) is 0 Å². The van der Waals surface area contributed by atoms with Crippen LogP contribution in [-0.2, 0) is 16.9 Å². The molecule has 1 aliphatic rings. The van der Waals surface area contributed by atoms with Gasteiger partial charge in [-0.15, -0.1) is 11.3 Å². The third-order valence-electron chi connectivity index (χ3n) is 3.47. The summed E-state index contributed by atoms with van der Waals surface area (Å²) in [4.78, 5) is 3.17. The monoisotopic (exact) mass is 299 g/mol. The van der Waals surface area contributed by atoms with Crippen molar-refractivity contribution in [2.45, 2.75) is 44.4 Å². The number of thioether (sulfide) groups is 1. The van der Waals surface area contributed by atoms with Gasteiger partial charge in [0.1, 0.15) is 0 Å². The Morgan fingerprint density at radius 3 is 3.11 bits per heavy atom. The maximum absolute atomic E-state index is 5.19. The standard InChI is InChI=1S/C15H25NOS2/c1-3-7-16-13(5-4-8-17-2)15-10-12-11-18-9-6-14(12)19-15/h10,13,16H,3-9,11H2,1-2H3. The van der Waals surface area contributed by atoms with E-state index in [4.69, 9.17) is 4.74 Å². The number of fused-ring (bicyclic) bond motifs is 1. The second kappa shape index (κ2) is 8.30. The number of nitrogens with one attached hydrogen (secondary N) is 1. The zero-order valence-electron chi connectivity index (χ0n) is 12.0. The molecule has 0 radical (unpaired) electrons. The molecule has 0 fully saturated rings. The molecule has 0 saturated carbocycles. The third kappa shape index (κ3) is 4.48. The summed E-state index contributed by atoms with van der Waals surface area (Å²) >= 11 is 4.10. The molecule has 19 heavy (non-hydrogen) atoms. The summed E-state index contributed by atoms with van der Waals surface area (Å²) in [5.74, 6) is 2.51. The lowest BCUT2D eigenvalue weighted by Gasteiger charge is -2.16. The van der Waals surface area contributed by atoms with Gasteiger partial charge in [0.05, 0.1) is 0 Å². The fourth-order valence-electron chi connectivity index (χ4n) is 2.44. The van der Waals surface area contributed by atoms with E-state index < -0.39 is 0 Å². The topological polar surface area (TPSA) is 21.3 Å². The Balaban J connectivity index is 2.01. The molecule has 2 rings (SSSR count). The summed E-state index contributed by atoms with van der Waals surface area (Å²) < 4.78 is 5.19. The van der Waals surface area contributed by atoms with Crippen LogP contribution < -0.4 is 5.32 Å². The lowest BCUT2D eigenvalue weighted by Crippen LogP contribution is -2.21. The number of rotatable bonds is 8. The van der Waals surface area contributed by atoms with Gasteiger partial charge in [-0.1, -0.05) is 6.92 Å². The highest BCUT2D eigenvalue weighted by molar-refractivity contribution is 7.98. The maximum atomic E-state index is 5.19.